The zero-order valence-electron chi connectivity index (χ0n) is 18.5. The molecule has 0 amide bonds. The zero-order chi connectivity index (χ0) is 22.3. The Labute approximate surface area is 209 Å². The van der Waals surface area contributed by atoms with Crippen molar-refractivity contribution < 1.29 is 4.39 Å². The van der Waals surface area contributed by atoms with Gasteiger partial charge in [0.1, 0.15) is 5.82 Å². The molecule has 172 valence electrons. The first-order chi connectivity index (χ1) is 15.6. The van der Waals surface area contributed by atoms with Gasteiger partial charge >= 0.3 is 0 Å². The van der Waals surface area contributed by atoms with E-state index in [4.69, 9.17) is 0 Å². The predicted molar refractivity (Wildman–Crippen MR) is 139 cm³/mol. The number of nitrogens with zero attached hydrogens (tertiary/aromatic N) is 5. The van der Waals surface area contributed by atoms with Crippen LogP contribution in [0, 0.1) is 5.82 Å². The highest BCUT2D eigenvalue weighted by Gasteiger charge is 2.10. The molecular weight excluding hydrogens is 532 g/mol. The second-order valence-corrected chi connectivity index (χ2v) is 7.39. The molecule has 0 fully saturated rings. The van der Waals surface area contributed by atoms with Crippen molar-refractivity contribution in [3.8, 4) is 11.4 Å². The lowest BCUT2D eigenvalue weighted by atomic mass is 10.1. The molecular formula is C24H27FIN7. The van der Waals surface area contributed by atoms with Gasteiger partial charge in [0.15, 0.2) is 5.96 Å². The number of aliphatic imine (C=N–C) groups is 1. The van der Waals surface area contributed by atoms with E-state index in [0.717, 1.165) is 35.0 Å². The highest BCUT2D eigenvalue weighted by atomic mass is 127. The Morgan fingerprint density at radius 3 is 2.58 bits per heavy atom. The summed E-state index contributed by atoms with van der Waals surface area (Å²) in [6, 6.07) is 18.5. The van der Waals surface area contributed by atoms with E-state index in [-0.39, 0.29) is 35.8 Å². The molecule has 0 aliphatic rings. The van der Waals surface area contributed by atoms with Crippen molar-refractivity contribution >= 4 is 29.9 Å². The Kier molecular flexibility index (Phi) is 8.58. The maximum absolute atomic E-state index is 13.1. The Balaban J connectivity index is 0.00000306. The molecule has 0 bridgehead atoms. The van der Waals surface area contributed by atoms with Crippen LogP contribution in [0.3, 0.4) is 0 Å². The number of halogens is 2. The lowest BCUT2D eigenvalue weighted by Crippen LogP contribution is -2.39. The molecule has 0 saturated heterocycles. The van der Waals surface area contributed by atoms with Gasteiger partial charge in [0, 0.05) is 38.6 Å². The van der Waals surface area contributed by atoms with Crippen LogP contribution < -0.4 is 10.6 Å². The van der Waals surface area contributed by atoms with Gasteiger partial charge in [-0.3, -0.25) is 4.99 Å². The third-order valence-corrected chi connectivity index (χ3v) is 5.13. The molecule has 0 aliphatic heterocycles. The molecule has 0 spiro atoms. The van der Waals surface area contributed by atoms with E-state index in [1.54, 1.807) is 30.1 Å². The lowest BCUT2D eigenvalue weighted by Gasteiger charge is -2.19. The molecule has 1 atom stereocenters. The summed E-state index contributed by atoms with van der Waals surface area (Å²) in [5.41, 5.74) is 3.92. The van der Waals surface area contributed by atoms with Crippen LogP contribution in [0.15, 0.2) is 84.2 Å². The predicted octanol–water partition coefficient (Wildman–Crippen LogP) is 4.28. The van der Waals surface area contributed by atoms with Crippen molar-refractivity contribution in [3.05, 3.63) is 96.3 Å². The summed E-state index contributed by atoms with van der Waals surface area (Å²) < 4.78 is 16.7. The van der Waals surface area contributed by atoms with E-state index in [1.165, 1.54) is 12.1 Å². The van der Waals surface area contributed by atoms with E-state index < -0.39 is 0 Å². The molecule has 4 rings (SSSR count). The fraction of sp³-hybridized carbons (Fsp3) is 0.208. The number of guanidine groups is 1. The molecule has 2 aromatic carbocycles. The molecule has 2 aromatic heterocycles. The third-order valence-electron chi connectivity index (χ3n) is 5.13. The molecule has 9 heteroatoms. The summed E-state index contributed by atoms with van der Waals surface area (Å²) in [6.45, 7) is 2.78. The van der Waals surface area contributed by atoms with Crippen molar-refractivity contribution in [2.75, 3.05) is 13.6 Å². The summed E-state index contributed by atoms with van der Waals surface area (Å²) in [7, 11) is 1.76. The highest BCUT2D eigenvalue weighted by molar-refractivity contribution is 14.0. The summed E-state index contributed by atoms with van der Waals surface area (Å²) >= 11 is 0. The number of nitrogens with one attached hydrogen (secondary N) is 2. The third kappa shape index (κ3) is 6.41. The minimum atomic E-state index is -0.258. The first-order valence-corrected chi connectivity index (χ1v) is 10.5. The van der Waals surface area contributed by atoms with Crippen molar-refractivity contribution in [3.63, 3.8) is 0 Å². The van der Waals surface area contributed by atoms with Gasteiger partial charge < -0.3 is 10.6 Å². The van der Waals surface area contributed by atoms with Crippen molar-refractivity contribution in [1.29, 1.82) is 0 Å². The first kappa shape index (κ1) is 24.4. The molecule has 0 saturated carbocycles. The Morgan fingerprint density at radius 2 is 1.85 bits per heavy atom. The number of hydrogen-bond donors (Lipinski definition) is 2. The molecule has 0 aliphatic carbocycles. The van der Waals surface area contributed by atoms with E-state index in [2.05, 4.69) is 44.9 Å². The van der Waals surface area contributed by atoms with Crippen molar-refractivity contribution in [2.24, 2.45) is 4.99 Å². The van der Waals surface area contributed by atoms with Crippen molar-refractivity contribution in [2.45, 2.75) is 19.4 Å². The fourth-order valence-electron chi connectivity index (χ4n) is 3.38. The van der Waals surface area contributed by atoms with Crippen LogP contribution in [-0.2, 0) is 6.42 Å². The Hall–Kier alpha value is -3.21. The molecule has 2 N–H and O–H groups in total. The number of hydrogen-bond acceptors (Lipinski definition) is 3. The van der Waals surface area contributed by atoms with Crippen LogP contribution in [0.4, 0.5) is 4.39 Å². The average molecular weight is 559 g/mol. The van der Waals surface area contributed by atoms with Crippen LogP contribution >= 0.6 is 24.0 Å². The smallest absolute Gasteiger partial charge is 0.191 e. The number of rotatable bonds is 7. The summed E-state index contributed by atoms with van der Waals surface area (Å²) in [5.74, 6) is 0.464. The van der Waals surface area contributed by atoms with Gasteiger partial charge in [-0.2, -0.15) is 10.2 Å². The normalized spacial score (nSPS) is 12.2. The second-order valence-electron chi connectivity index (χ2n) is 7.39. The van der Waals surface area contributed by atoms with Gasteiger partial charge in [0.2, 0.25) is 0 Å². The molecule has 0 radical (unpaired) electrons. The minimum Gasteiger partial charge on any atom is -0.356 e. The number of benzene rings is 2. The Morgan fingerprint density at radius 1 is 1.03 bits per heavy atom. The SMILES string of the molecule is CN=C(NCCc1ccn(-c2ccc(F)cc2)n1)NC(C)c1cccc(-n2cccn2)c1.I. The van der Waals surface area contributed by atoms with Gasteiger partial charge in [-0.15, -0.1) is 24.0 Å². The standard InChI is InChI=1S/C24H26FN7.HI/c1-18(19-5-3-6-23(17-19)31-15-4-13-28-31)29-24(26-2)27-14-11-21-12-16-32(30-21)22-9-7-20(25)8-10-22;/h3-10,12-13,15-18H,11,14H2,1-2H3,(H2,26,27,29);1H. The molecule has 4 aromatic rings. The first-order valence-electron chi connectivity index (χ1n) is 10.5. The van der Waals surface area contributed by atoms with Crippen LogP contribution in [0.5, 0.6) is 0 Å². The minimum absolute atomic E-state index is 0. The zero-order valence-corrected chi connectivity index (χ0v) is 20.8. The lowest BCUT2D eigenvalue weighted by molar-refractivity contribution is 0.627. The molecule has 7 nitrogen and oxygen atoms in total. The quantitative estimate of drug-likeness (QED) is 0.202. The highest BCUT2D eigenvalue weighted by Crippen LogP contribution is 2.16. The fourth-order valence-corrected chi connectivity index (χ4v) is 3.38. The maximum Gasteiger partial charge on any atom is 0.191 e. The summed E-state index contributed by atoms with van der Waals surface area (Å²) in [5, 5.41) is 15.6. The van der Waals surface area contributed by atoms with Crippen LogP contribution in [-0.4, -0.2) is 39.1 Å². The average Bonchev–Trinajstić information content (AvgIpc) is 3.52. The molecule has 2 heterocycles. The Bertz CT molecular complexity index is 1170. The molecule has 1 unspecified atom stereocenters. The monoisotopic (exact) mass is 559 g/mol. The topological polar surface area (TPSA) is 72.1 Å². The van der Waals surface area contributed by atoms with Gasteiger partial charge in [0.05, 0.1) is 23.1 Å². The van der Waals surface area contributed by atoms with E-state index in [1.807, 2.05) is 41.3 Å². The maximum atomic E-state index is 13.1. The van der Waals surface area contributed by atoms with E-state index in [9.17, 15) is 4.39 Å². The number of aromatic nitrogens is 4. The van der Waals surface area contributed by atoms with Crippen LogP contribution in [0.1, 0.15) is 24.2 Å². The molecule has 33 heavy (non-hydrogen) atoms. The van der Waals surface area contributed by atoms with Gasteiger partial charge in [-0.25, -0.2) is 13.8 Å². The van der Waals surface area contributed by atoms with Crippen LogP contribution in [0.25, 0.3) is 11.4 Å². The van der Waals surface area contributed by atoms with Gasteiger partial charge in [-0.05, 0) is 61.0 Å². The van der Waals surface area contributed by atoms with Crippen LogP contribution in [0.2, 0.25) is 0 Å². The summed E-state index contributed by atoms with van der Waals surface area (Å²) in [6.07, 6.45) is 6.31. The summed E-state index contributed by atoms with van der Waals surface area (Å²) in [4.78, 5) is 4.33. The van der Waals surface area contributed by atoms with Gasteiger partial charge in [0.25, 0.3) is 0 Å². The second kappa shape index (κ2) is 11.6. The largest absolute Gasteiger partial charge is 0.356 e. The van der Waals surface area contributed by atoms with Crippen molar-refractivity contribution in [1.82, 2.24) is 30.2 Å². The van der Waals surface area contributed by atoms with E-state index >= 15 is 0 Å². The van der Waals surface area contributed by atoms with Gasteiger partial charge in [-0.1, -0.05) is 12.1 Å². The van der Waals surface area contributed by atoms with E-state index in [0.29, 0.717) is 6.54 Å².